The van der Waals surface area contributed by atoms with Gasteiger partial charge in [0.15, 0.2) is 0 Å². The van der Waals surface area contributed by atoms with Crippen LogP contribution >= 0.6 is 0 Å². The normalized spacial score (nSPS) is 17.5. The molecule has 0 fully saturated rings. The van der Waals surface area contributed by atoms with Crippen LogP contribution in [-0.2, 0) is 0 Å². The first kappa shape index (κ1) is 10.7. The van der Waals surface area contributed by atoms with Crippen molar-refractivity contribution in [2.75, 3.05) is 21.1 Å². The van der Waals surface area contributed by atoms with Crippen LogP contribution in [0.25, 0.3) is 0 Å². The summed E-state index contributed by atoms with van der Waals surface area (Å²) in [6, 6.07) is 0.257. The number of hydrogen-bond acceptors (Lipinski definition) is 1. The molecule has 0 amide bonds. The van der Waals surface area contributed by atoms with Crippen LogP contribution in [0, 0.1) is 0 Å². The Labute approximate surface area is 69.7 Å². The predicted octanol–water partition coefficient (Wildman–Crippen LogP) is 1.02. The number of aliphatic hydroxyl groups is 1. The van der Waals surface area contributed by atoms with Crippen LogP contribution in [0.1, 0.15) is 13.3 Å². The van der Waals surface area contributed by atoms with Crippen molar-refractivity contribution in [1.29, 1.82) is 0 Å². The molecule has 66 valence electrons. The number of likely N-dealkylation sites (N-methyl/N-ethyl adjacent to an activating group) is 1. The second-order valence-corrected chi connectivity index (χ2v) is 3.95. The number of aliphatic hydroxyl groups excluding tert-OH is 1. The van der Waals surface area contributed by atoms with Crippen molar-refractivity contribution in [2.24, 2.45) is 0 Å². The minimum absolute atomic E-state index is 0.257. The molecule has 2 unspecified atom stereocenters. The van der Waals surface area contributed by atoms with Gasteiger partial charge < -0.3 is 9.59 Å². The third kappa shape index (κ3) is 3.54. The highest BCUT2D eigenvalue weighted by Gasteiger charge is 2.26. The van der Waals surface area contributed by atoms with E-state index in [1.807, 2.05) is 13.0 Å². The van der Waals surface area contributed by atoms with Crippen molar-refractivity contribution < 1.29 is 9.59 Å². The molecule has 0 aromatic heterocycles. The topological polar surface area (TPSA) is 20.2 Å². The van der Waals surface area contributed by atoms with E-state index >= 15 is 0 Å². The Balaban J connectivity index is 4.21. The Morgan fingerprint density at radius 1 is 1.45 bits per heavy atom. The molecule has 0 heterocycles. The molecule has 2 nitrogen and oxygen atoms in total. The number of hydrogen-bond donors (Lipinski definition) is 1. The lowest BCUT2D eigenvalue weighted by atomic mass is 10.1. The van der Waals surface area contributed by atoms with Crippen LogP contribution in [0.15, 0.2) is 12.7 Å². The number of nitrogens with zero attached hydrogens (tertiary/aromatic N) is 1. The number of quaternary nitrogens is 1. The molecule has 1 N–H and O–H groups in total. The largest absolute Gasteiger partial charge is 0.387 e. The van der Waals surface area contributed by atoms with Gasteiger partial charge in [0.25, 0.3) is 0 Å². The van der Waals surface area contributed by atoms with Gasteiger partial charge in [0, 0.05) is 6.42 Å². The molecule has 0 aromatic carbocycles. The lowest BCUT2D eigenvalue weighted by molar-refractivity contribution is -0.899. The first-order valence-corrected chi connectivity index (χ1v) is 3.99. The van der Waals surface area contributed by atoms with Gasteiger partial charge >= 0.3 is 0 Å². The summed E-state index contributed by atoms with van der Waals surface area (Å²) in [5.74, 6) is 0. The minimum atomic E-state index is -0.270. The smallest absolute Gasteiger partial charge is 0.118 e. The van der Waals surface area contributed by atoms with E-state index in [2.05, 4.69) is 27.7 Å². The standard InChI is InChI=1S/C9H20NO/c1-6-7-9(8(2)11)10(3,4)5/h6,8-9,11H,1,7H2,2-5H3/q+1. The molecule has 0 bridgehead atoms. The molecule has 0 saturated heterocycles. The molecule has 0 spiro atoms. The van der Waals surface area contributed by atoms with E-state index in [4.69, 9.17) is 0 Å². The molecule has 0 aliphatic heterocycles. The van der Waals surface area contributed by atoms with Crippen LogP contribution in [0.4, 0.5) is 0 Å². The fraction of sp³-hybridized carbons (Fsp3) is 0.778. The van der Waals surface area contributed by atoms with Crippen molar-refractivity contribution in [3.05, 3.63) is 12.7 Å². The maximum absolute atomic E-state index is 9.42. The summed E-state index contributed by atoms with van der Waals surface area (Å²) < 4.78 is 0.781. The van der Waals surface area contributed by atoms with Gasteiger partial charge in [-0.25, -0.2) is 0 Å². The third-order valence-electron chi connectivity index (χ3n) is 1.96. The van der Waals surface area contributed by atoms with E-state index in [0.29, 0.717) is 0 Å². The van der Waals surface area contributed by atoms with Crippen molar-refractivity contribution in [3.8, 4) is 0 Å². The molecule has 0 aromatic rings. The summed E-state index contributed by atoms with van der Waals surface area (Å²) in [4.78, 5) is 0. The van der Waals surface area contributed by atoms with Gasteiger partial charge in [0.2, 0.25) is 0 Å². The van der Waals surface area contributed by atoms with Gasteiger partial charge in [-0.05, 0) is 6.92 Å². The predicted molar refractivity (Wildman–Crippen MR) is 48.3 cm³/mol. The summed E-state index contributed by atoms with van der Waals surface area (Å²) in [7, 11) is 6.25. The van der Waals surface area contributed by atoms with Gasteiger partial charge in [-0.15, -0.1) is 6.58 Å². The quantitative estimate of drug-likeness (QED) is 0.478. The molecular weight excluding hydrogens is 138 g/mol. The maximum atomic E-state index is 9.42. The van der Waals surface area contributed by atoms with Crippen LogP contribution in [0.5, 0.6) is 0 Å². The summed E-state index contributed by atoms with van der Waals surface area (Å²) in [5.41, 5.74) is 0. The molecule has 0 saturated carbocycles. The Hall–Kier alpha value is -0.340. The van der Waals surface area contributed by atoms with Gasteiger partial charge in [-0.3, -0.25) is 0 Å². The van der Waals surface area contributed by atoms with E-state index in [9.17, 15) is 5.11 Å². The first-order valence-electron chi connectivity index (χ1n) is 3.99. The number of rotatable bonds is 4. The lowest BCUT2D eigenvalue weighted by Gasteiger charge is -2.35. The van der Waals surface area contributed by atoms with E-state index in [1.54, 1.807) is 0 Å². The second kappa shape index (κ2) is 3.88. The lowest BCUT2D eigenvalue weighted by Crippen LogP contribution is -2.50. The Morgan fingerprint density at radius 2 is 1.91 bits per heavy atom. The molecule has 2 atom stereocenters. The molecule has 0 aliphatic carbocycles. The summed E-state index contributed by atoms with van der Waals surface area (Å²) in [5, 5.41) is 9.42. The highest BCUT2D eigenvalue weighted by Crippen LogP contribution is 2.12. The Bertz CT molecular complexity index is 124. The van der Waals surface area contributed by atoms with Gasteiger partial charge in [0.1, 0.15) is 12.1 Å². The zero-order valence-corrected chi connectivity index (χ0v) is 8.04. The van der Waals surface area contributed by atoms with Crippen molar-refractivity contribution in [3.63, 3.8) is 0 Å². The Morgan fingerprint density at radius 3 is 2.00 bits per heavy atom. The molecule has 11 heavy (non-hydrogen) atoms. The van der Waals surface area contributed by atoms with E-state index < -0.39 is 0 Å². The summed E-state index contributed by atoms with van der Waals surface area (Å²) in [6.07, 6.45) is 2.45. The van der Waals surface area contributed by atoms with Crippen LogP contribution in [-0.4, -0.2) is 42.9 Å². The maximum Gasteiger partial charge on any atom is 0.118 e. The SMILES string of the molecule is C=CCC(C(C)O)[N+](C)(C)C. The van der Waals surface area contributed by atoms with E-state index in [1.165, 1.54) is 0 Å². The summed E-state index contributed by atoms with van der Waals surface area (Å²) >= 11 is 0. The average molecular weight is 158 g/mol. The highest BCUT2D eigenvalue weighted by molar-refractivity contribution is 4.76. The molecule has 0 radical (unpaired) electrons. The van der Waals surface area contributed by atoms with E-state index in [-0.39, 0.29) is 12.1 Å². The second-order valence-electron chi connectivity index (χ2n) is 3.95. The molecular formula is C9H20NO+. The average Bonchev–Trinajstić information content (AvgIpc) is 1.79. The third-order valence-corrected chi connectivity index (χ3v) is 1.96. The van der Waals surface area contributed by atoms with Gasteiger partial charge in [-0.2, -0.15) is 0 Å². The van der Waals surface area contributed by atoms with Crippen molar-refractivity contribution in [2.45, 2.75) is 25.5 Å². The Kier molecular flexibility index (Phi) is 3.76. The molecule has 0 aliphatic rings. The van der Waals surface area contributed by atoms with Crippen LogP contribution in [0.2, 0.25) is 0 Å². The van der Waals surface area contributed by atoms with Crippen LogP contribution in [0.3, 0.4) is 0 Å². The molecule has 2 heteroatoms. The summed E-state index contributed by atoms with van der Waals surface area (Å²) in [6.45, 7) is 5.51. The molecule has 0 rings (SSSR count). The van der Waals surface area contributed by atoms with Crippen LogP contribution < -0.4 is 0 Å². The van der Waals surface area contributed by atoms with Gasteiger partial charge in [-0.1, -0.05) is 6.08 Å². The zero-order chi connectivity index (χ0) is 9.07. The fourth-order valence-corrected chi connectivity index (χ4v) is 1.33. The van der Waals surface area contributed by atoms with E-state index in [0.717, 1.165) is 10.9 Å². The monoisotopic (exact) mass is 158 g/mol. The highest BCUT2D eigenvalue weighted by atomic mass is 16.3. The minimum Gasteiger partial charge on any atom is -0.387 e. The van der Waals surface area contributed by atoms with Gasteiger partial charge in [0.05, 0.1) is 21.1 Å². The fourth-order valence-electron chi connectivity index (χ4n) is 1.33. The zero-order valence-electron chi connectivity index (χ0n) is 8.04. The first-order chi connectivity index (χ1) is 4.89. The van der Waals surface area contributed by atoms with Crippen molar-refractivity contribution in [1.82, 2.24) is 0 Å². The van der Waals surface area contributed by atoms with Crippen molar-refractivity contribution >= 4 is 0 Å².